The molecular weight excluding hydrogens is 332 g/mol. The number of hydrogen-bond donors (Lipinski definition) is 3. The van der Waals surface area contributed by atoms with Gasteiger partial charge >= 0.3 is 5.97 Å². The Bertz CT molecular complexity index is 719. The van der Waals surface area contributed by atoms with Crippen LogP contribution in [0.1, 0.15) is 43.0 Å². The van der Waals surface area contributed by atoms with E-state index in [0.717, 1.165) is 12.8 Å². The minimum absolute atomic E-state index is 0.0426. The van der Waals surface area contributed by atoms with E-state index in [1.807, 2.05) is 0 Å². The fourth-order valence-electron chi connectivity index (χ4n) is 2.84. The summed E-state index contributed by atoms with van der Waals surface area (Å²) >= 11 is 0. The van der Waals surface area contributed by atoms with E-state index in [2.05, 4.69) is 17.0 Å². The summed E-state index contributed by atoms with van der Waals surface area (Å²) in [6, 6.07) is 5.38. The predicted octanol–water partition coefficient (Wildman–Crippen LogP) is 1.36. The van der Waals surface area contributed by atoms with Gasteiger partial charge < -0.3 is 10.4 Å². The number of carboxylic acid groups (broad SMARTS) is 1. The zero-order valence-electron chi connectivity index (χ0n) is 13.7. The van der Waals surface area contributed by atoms with Crippen molar-refractivity contribution in [2.24, 2.45) is 5.92 Å². The van der Waals surface area contributed by atoms with Crippen molar-refractivity contribution in [3.8, 4) is 0 Å². The molecule has 132 valence electrons. The third kappa shape index (κ3) is 3.76. The van der Waals surface area contributed by atoms with Crippen molar-refractivity contribution in [2.75, 3.05) is 7.05 Å². The van der Waals surface area contributed by atoms with Gasteiger partial charge in [-0.25, -0.2) is 17.9 Å². The first-order valence-electron chi connectivity index (χ1n) is 7.80. The van der Waals surface area contributed by atoms with Gasteiger partial charge in [-0.2, -0.15) is 0 Å². The number of carbonyl (C=O) groups is 2. The zero-order valence-corrected chi connectivity index (χ0v) is 14.5. The fourth-order valence-corrected chi connectivity index (χ4v) is 3.57. The van der Waals surface area contributed by atoms with Gasteiger partial charge in [-0.05, 0) is 62.9 Å². The highest BCUT2D eigenvalue weighted by atomic mass is 32.2. The smallest absolute Gasteiger partial charge is 0.329 e. The Labute approximate surface area is 141 Å². The van der Waals surface area contributed by atoms with Crippen molar-refractivity contribution in [1.29, 1.82) is 0 Å². The van der Waals surface area contributed by atoms with Crippen molar-refractivity contribution in [1.82, 2.24) is 10.0 Å². The highest BCUT2D eigenvalue weighted by molar-refractivity contribution is 7.89. The summed E-state index contributed by atoms with van der Waals surface area (Å²) in [5, 5.41) is 12.2. The Morgan fingerprint density at radius 1 is 1.17 bits per heavy atom. The average molecular weight is 354 g/mol. The molecule has 0 saturated heterocycles. The second kappa shape index (κ2) is 6.90. The molecule has 1 aliphatic rings. The van der Waals surface area contributed by atoms with Crippen LogP contribution in [-0.2, 0) is 14.8 Å². The van der Waals surface area contributed by atoms with E-state index in [9.17, 15) is 23.1 Å². The number of aliphatic carboxylic acids is 1. The highest BCUT2D eigenvalue weighted by Gasteiger charge is 2.42. The SMILES string of the molecule is CNS(=O)(=O)c1ccc(C(=O)NC2(C(=O)O)CCC(C)CC2)cc1. The van der Waals surface area contributed by atoms with Gasteiger partial charge in [0.2, 0.25) is 10.0 Å². The molecule has 1 fully saturated rings. The van der Waals surface area contributed by atoms with Crippen LogP contribution in [0.2, 0.25) is 0 Å². The van der Waals surface area contributed by atoms with Crippen LogP contribution in [0.5, 0.6) is 0 Å². The summed E-state index contributed by atoms with van der Waals surface area (Å²) in [7, 11) is -2.27. The van der Waals surface area contributed by atoms with E-state index in [1.165, 1.54) is 31.3 Å². The molecule has 24 heavy (non-hydrogen) atoms. The van der Waals surface area contributed by atoms with Crippen molar-refractivity contribution >= 4 is 21.9 Å². The predicted molar refractivity (Wildman–Crippen MR) is 88.2 cm³/mol. The second-order valence-corrected chi connectivity index (χ2v) is 8.14. The summed E-state index contributed by atoms with van der Waals surface area (Å²) in [6.07, 6.45) is 2.26. The van der Waals surface area contributed by atoms with E-state index in [0.29, 0.717) is 18.8 Å². The Morgan fingerprint density at radius 2 is 1.71 bits per heavy atom. The van der Waals surface area contributed by atoms with Gasteiger partial charge in [-0.3, -0.25) is 4.79 Å². The van der Waals surface area contributed by atoms with E-state index in [1.54, 1.807) is 0 Å². The molecule has 3 N–H and O–H groups in total. The topological polar surface area (TPSA) is 113 Å². The Morgan fingerprint density at radius 3 is 2.17 bits per heavy atom. The molecule has 0 aliphatic heterocycles. The van der Waals surface area contributed by atoms with Gasteiger partial charge in [-0.15, -0.1) is 0 Å². The summed E-state index contributed by atoms with van der Waals surface area (Å²) in [5.74, 6) is -1.10. The minimum Gasteiger partial charge on any atom is -0.480 e. The molecule has 1 saturated carbocycles. The molecule has 2 rings (SSSR count). The van der Waals surface area contributed by atoms with Gasteiger partial charge in [0.1, 0.15) is 5.54 Å². The van der Waals surface area contributed by atoms with Crippen LogP contribution in [0.4, 0.5) is 0 Å². The van der Waals surface area contributed by atoms with Gasteiger partial charge in [0, 0.05) is 5.56 Å². The molecule has 1 amide bonds. The number of carbonyl (C=O) groups excluding carboxylic acids is 1. The molecule has 0 aromatic heterocycles. The number of sulfonamides is 1. The molecule has 0 heterocycles. The maximum absolute atomic E-state index is 12.4. The maximum Gasteiger partial charge on any atom is 0.329 e. The van der Waals surface area contributed by atoms with Gasteiger partial charge in [0.15, 0.2) is 0 Å². The number of nitrogens with one attached hydrogen (secondary N) is 2. The molecule has 0 bridgehead atoms. The molecule has 0 radical (unpaired) electrons. The van der Waals surface area contributed by atoms with Crippen LogP contribution in [0.3, 0.4) is 0 Å². The van der Waals surface area contributed by atoms with Gasteiger partial charge in [-0.1, -0.05) is 6.92 Å². The zero-order chi connectivity index (χ0) is 18.0. The molecule has 1 aromatic rings. The van der Waals surface area contributed by atoms with Crippen molar-refractivity contribution in [3.05, 3.63) is 29.8 Å². The lowest BCUT2D eigenvalue weighted by atomic mass is 9.77. The summed E-state index contributed by atoms with van der Waals surface area (Å²) in [6.45, 7) is 2.06. The number of carboxylic acids is 1. The second-order valence-electron chi connectivity index (χ2n) is 6.26. The molecule has 1 aliphatic carbocycles. The van der Waals surface area contributed by atoms with E-state index >= 15 is 0 Å². The lowest BCUT2D eigenvalue weighted by Crippen LogP contribution is -2.56. The number of benzene rings is 1. The Kier molecular flexibility index (Phi) is 5.29. The number of amides is 1. The van der Waals surface area contributed by atoms with Crippen molar-refractivity contribution in [3.63, 3.8) is 0 Å². The van der Waals surface area contributed by atoms with Crippen molar-refractivity contribution in [2.45, 2.75) is 43.0 Å². The summed E-state index contributed by atoms with van der Waals surface area (Å²) in [4.78, 5) is 24.1. The van der Waals surface area contributed by atoms with Gasteiger partial charge in [0.05, 0.1) is 4.90 Å². The van der Waals surface area contributed by atoms with E-state index in [-0.39, 0.29) is 10.5 Å². The first kappa shape index (κ1) is 18.4. The van der Waals surface area contributed by atoms with Crippen LogP contribution in [0.25, 0.3) is 0 Å². The molecule has 7 nitrogen and oxygen atoms in total. The first-order valence-corrected chi connectivity index (χ1v) is 9.28. The Balaban J connectivity index is 2.18. The fraction of sp³-hybridized carbons (Fsp3) is 0.500. The molecule has 8 heteroatoms. The molecule has 0 unspecified atom stereocenters. The highest BCUT2D eigenvalue weighted by Crippen LogP contribution is 2.32. The number of hydrogen-bond acceptors (Lipinski definition) is 4. The van der Waals surface area contributed by atoms with Crippen LogP contribution < -0.4 is 10.0 Å². The average Bonchev–Trinajstić information content (AvgIpc) is 2.57. The lowest BCUT2D eigenvalue weighted by molar-refractivity contribution is -0.146. The normalized spacial score (nSPS) is 24.3. The maximum atomic E-state index is 12.4. The monoisotopic (exact) mass is 354 g/mol. The standard InChI is InChI=1S/C16H22N2O5S/c1-11-7-9-16(10-8-11,15(20)21)18-14(19)12-3-5-13(6-4-12)24(22,23)17-2/h3-6,11,17H,7-10H2,1-2H3,(H,18,19)(H,20,21). The third-order valence-electron chi connectivity index (χ3n) is 4.59. The van der Waals surface area contributed by atoms with Gasteiger partial charge in [0.25, 0.3) is 5.91 Å². The number of rotatable bonds is 5. The molecule has 0 spiro atoms. The van der Waals surface area contributed by atoms with E-state index in [4.69, 9.17) is 0 Å². The Hall–Kier alpha value is -1.93. The minimum atomic E-state index is -3.58. The van der Waals surface area contributed by atoms with Crippen LogP contribution in [0, 0.1) is 5.92 Å². The summed E-state index contributed by atoms with van der Waals surface area (Å²) in [5.41, 5.74) is -1.02. The van der Waals surface area contributed by atoms with Crippen LogP contribution >= 0.6 is 0 Å². The van der Waals surface area contributed by atoms with Crippen molar-refractivity contribution < 1.29 is 23.1 Å². The molecular formula is C16H22N2O5S. The first-order chi connectivity index (χ1) is 11.2. The quantitative estimate of drug-likeness (QED) is 0.739. The molecule has 0 atom stereocenters. The third-order valence-corrected chi connectivity index (χ3v) is 6.02. The van der Waals surface area contributed by atoms with Crippen LogP contribution in [0.15, 0.2) is 29.2 Å². The largest absolute Gasteiger partial charge is 0.480 e. The van der Waals surface area contributed by atoms with Crippen LogP contribution in [-0.4, -0.2) is 38.0 Å². The van der Waals surface area contributed by atoms with E-state index < -0.39 is 27.4 Å². The summed E-state index contributed by atoms with van der Waals surface area (Å²) < 4.78 is 25.6. The lowest BCUT2D eigenvalue weighted by Gasteiger charge is -2.36. The molecule has 1 aromatic carbocycles.